The Balaban J connectivity index is 1.83. The van der Waals surface area contributed by atoms with Crippen molar-refractivity contribution in [3.63, 3.8) is 0 Å². The maximum absolute atomic E-state index is 12.7. The lowest BCUT2D eigenvalue weighted by Crippen LogP contribution is -2.31. The molecule has 0 aromatic carbocycles. The van der Waals surface area contributed by atoms with Crippen LogP contribution in [0.1, 0.15) is 61.0 Å². The Hall–Kier alpha value is -1.69. The third kappa shape index (κ3) is 2.72. The zero-order valence-corrected chi connectivity index (χ0v) is 13.4. The van der Waals surface area contributed by atoms with Crippen molar-refractivity contribution in [2.75, 3.05) is 6.54 Å². The van der Waals surface area contributed by atoms with Gasteiger partial charge in [-0.3, -0.25) is 9.89 Å². The number of carbonyl (C=O) groups is 1. The summed E-state index contributed by atoms with van der Waals surface area (Å²) >= 11 is 1.70. The number of likely N-dealkylation sites (tertiary alicyclic amines) is 1. The predicted octanol–water partition coefficient (Wildman–Crippen LogP) is 3.14. The summed E-state index contributed by atoms with van der Waals surface area (Å²) in [6.45, 7) is 6.92. The van der Waals surface area contributed by atoms with Gasteiger partial charge in [0, 0.05) is 16.8 Å². The number of rotatable bonds is 2. The van der Waals surface area contributed by atoms with Crippen LogP contribution in [0.25, 0.3) is 0 Å². The third-order valence-corrected chi connectivity index (χ3v) is 4.75. The highest BCUT2D eigenvalue weighted by molar-refractivity contribution is 7.10. The second-order valence-electron chi connectivity index (χ2n) is 6.43. The van der Waals surface area contributed by atoms with Gasteiger partial charge in [-0.15, -0.1) is 16.4 Å². The molecule has 0 radical (unpaired) electrons. The lowest BCUT2D eigenvalue weighted by atomic mass is 9.96. The number of amides is 1. The van der Waals surface area contributed by atoms with Crippen LogP contribution >= 0.6 is 11.3 Å². The standard InChI is InChI=1S/C15H20N4OS/c1-15(2,3)14-16-12(17-18-14)13(20)19-8-4-6-10(19)11-7-5-9-21-11/h5,7,9-10H,4,6,8H2,1-3H3,(H,16,17,18). The summed E-state index contributed by atoms with van der Waals surface area (Å²) in [6, 6.07) is 4.31. The van der Waals surface area contributed by atoms with Crippen LogP contribution in [-0.4, -0.2) is 32.5 Å². The molecule has 0 saturated carbocycles. The van der Waals surface area contributed by atoms with Crippen LogP contribution in [0.4, 0.5) is 0 Å². The summed E-state index contributed by atoms with van der Waals surface area (Å²) in [4.78, 5) is 20.2. The summed E-state index contributed by atoms with van der Waals surface area (Å²) < 4.78 is 0. The number of aromatic amines is 1. The monoisotopic (exact) mass is 304 g/mol. The molecule has 3 rings (SSSR count). The van der Waals surface area contributed by atoms with E-state index in [1.54, 1.807) is 11.3 Å². The van der Waals surface area contributed by atoms with Gasteiger partial charge in [-0.1, -0.05) is 26.8 Å². The van der Waals surface area contributed by atoms with E-state index >= 15 is 0 Å². The zero-order chi connectivity index (χ0) is 15.0. The fraction of sp³-hybridized carbons (Fsp3) is 0.533. The molecule has 6 heteroatoms. The van der Waals surface area contributed by atoms with E-state index in [0.29, 0.717) is 0 Å². The van der Waals surface area contributed by atoms with Gasteiger partial charge in [0.15, 0.2) is 0 Å². The van der Waals surface area contributed by atoms with Crippen molar-refractivity contribution < 1.29 is 4.79 Å². The maximum atomic E-state index is 12.7. The number of nitrogens with zero attached hydrogens (tertiary/aromatic N) is 3. The SMILES string of the molecule is CC(C)(C)c1nc(C(=O)N2CCCC2c2cccs2)n[nH]1. The smallest absolute Gasteiger partial charge is 0.294 e. The fourth-order valence-electron chi connectivity index (χ4n) is 2.61. The largest absolute Gasteiger partial charge is 0.328 e. The molecule has 1 amide bonds. The minimum absolute atomic E-state index is 0.0716. The molecule has 1 fully saturated rings. The Kier molecular flexibility index (Phi) is 3.57. The molecule has 2 aromatic heterocycles. The molecule has 5 nitrogen and oxygen atoms in total. The van der Waals surface area contributed by atoms with E-state index < -0.39 is 0 Å². The average molecular weight is 304 g/mol. The van der Waals surface area contributed by atoms with Crippen LogP contribution in [0, 0.1) is 0 Å². The van der Waals surface area contributed by atoms with Gasteiger partial charge in [0.05, 0.1) is 6.04 Å². The van der Waals surface area contributed by atoms with Gasteiger partial charge in [-0.25, -0.2) is 4.98 Å². The summed E-state index contributed by atoms with van der Waals surface area (Å²) in [7, 11) is 0. The molecular formula is C15H20N4OS. The molecule has 1 atom stereocenters. The van der Waals surface area contributed by atoms with Crippen molar-refractivity contribution in [1.82, 2.24) is 20.1 Å². The molecule has 1 unspecified atom stereocenters. The van der Waals surface area contributed by atoms with Gasteiger partial charge in [0.2, 0.25) is 5.82 Å². The predicted molar refractivity (Wildman–Crippen MR) is 82.4 cm³/mol. The highest BCUT2D eigenvalue weighted by Gasteiger charge is 2.33. The lowest BCUT2D eigenvalue weighted by molar-refractivity contribution is 0.0726. The summed E-state index contributed by atoms with van der Waals surface area (Å²) in [5.41, 5.74) is -0.135. The van der Waals surface area contributed by atoms with Gasteiger partial charge < -0.3 is 4.90 Å². The minimum Gasteiger partial charge on any atom is -0.328 e. The van der Waals surface area contributed by atoms with Crippen LogP contribution in [-0.2, 0) is 5.41 Å². The molecule has 0 bridgehead atoms. The van der Waals surface area contributed by atoms with Crippen molar-refractivity contribution in [2.24, 2.45) is 0 Å². The summed E-state index contributed by atoms with van der Waals surface area (Å²) in [5, 5.41) is 9.07. The van der Waals surface area contributed by atoms with Gasteiger partial charge in [0.25, 0.3) is 5.91 Å². The molecule has 1 aliphatic rings. The van der Waals surface area contributed by atoms with E-state index in [9.17, 15) is 4.79 Å². The number of carbonyl (C=O) groups excluding carboxylic acids is 1. The van der Waals surface area contributed by atoms with E-state index in [1.807, 2.05) is 31.7 Å². The molecule has 112 valence electrons. The zero-order valence-electron chi connectivity index (χ0n) is 12.6. The topological polar surface area (TPSA) is 61.9 Å². The number of aromatic nitrogens is 3. The van der Waals surface area contributed by atoms with Crippen molar-refractivity contribution in [3.8, 4) is 0 Å². The normalized spacial score (nSPS) is 19.2. The van der Waals surface area contributed by atoms with Gasteiger partial charge in [-0.2, -0.15) is 0 Å². The summed E-state index contributed by atoms with van der Waals surface area (Å²) in [5.74, 6) is 0.957. The first-order chi connectivity index (χ1) is 9.97. The highest BCUT2D eigenvalue weighted by Crippen LogP contribution is 2.35. The Labute approximate surface area is 128 Å². The minimum atomic E-state index is -0.135. The Bertz CT molecular complexity index is 626. The molecule has 1 aliphatic heterocycles. The van der Waals surface area contributed by atoms with E-state index in [4.69, 9.17) is 0 Å². The van der Waals surface area contributed by atoms with Crippen LogP contribution in [0.3, 0.4) is 0 Å². The highest BCUT2D eigenvalue weighted by atomic mass is 32.1. The molecule has 0 spiro atoms. The quantitative estimate of drug-likeness (QED) is 0.927. The second-order valence-corrected chi connectivity index (χ2v) is 7.41. The number of hydrogen-bond donors (Lipinski definition) is 1. The van der Waals surface area contributed by atoms with Gasteiger partial charge in [-0.05, 0) is 24.3 Å². The van der Waals surface area contributed by atoms with Crippen molar-refractivity contribution in [2.45, 2.75) is 45.1 Å². The van der Waals surface area contributed by atoms with Crippen molar-refractivity contribution >= 4 is 17.2 Å². The molecule has 21 heavy (non-hydrogen) atoms. The number of hydrogen-bond acceptors (Lipinski definition) is 4. The second kappa shape index (κ2) is 5.26. The first-order valence-electron chi connectivity index (χ1n) is 7.24. The lowest BCUT2D eigenvalue weighted by Gasteiger charge is -2.22. The van der Waals surface area contributed by atoms with Crippen LogP contribution in [0.5, 0.6) is 0 Å². The number of nitrogens with one attached hydrogen (secondary N) is 1. The average Bonchev–Trinajstić information content (AvgIpc) is 3.16. The maximum Gasteiger partial charge on any atom is 0.294 e. The van der Waals surface area contributed by atoms with Crippen LogP contribution < -0.4 is 0 Å². The Morgan fingerprint density at radius 3 is 2.90 bits per heavy atom. The van der Waals surface area contributed by atoms with Gasteiger partial charge >= 0.3 is 0 Å². The van der Waals surface area contributed by atoms with Crippen LogP contribution in [0.2, 0.25) is 0 Å². The van der Waals surface area contributed by atoms with Gasteiger partial charge in [0.1, 0.15) is 5.82 Å². The van der Waals surface area contributed by atoms with Crippen molar-refractivity contribution in [1.29, 1.82) is 0 Å². The molecule has 2 aromatic rings. The molecular weight excluding hydrogens is 284 g/mol. The first kappa shape index (κ1) is 14.3. The molecule has 1 N–H and O–H groups in total. The molecule has 0 aliphatic carbocycles. The van der Waals surface area contributed by atoms with Crippen LogP contribution in [0.15, 0.2) is 17.5 Å². The van der Waals surface area contributed by atoms with E-state index in [0.717, 1.165) is 25.2 Å². The number of H-pyrrole nitrogens is 1. The molecule has 1 saturated heterocycles. The third-order valence-electron chi connectivity index (χ3n) is 3.77. The Morgan fingerprint density at radius 2 is 2.29 bits per heavy atom. The van der Waals surface area contributed by atoms with E-state index in [1.165, 1.54) is 4.88 Å². The van der Waals surface area contributed by atoms with E-state index in [2.05, 4.69) is 26.6 Å². The Morgan fingerprint density at radius 1 is 1.48 bits per heavy atom. The van der Waals surface area contributed by atoms with Crippen molar-refractivity contribution in [3.05, 3.63) is 34.0 Å². The summed E-state index contributed by atoms with van der Waals surface area (Å²) in [6.07, 6.45) is 2.05. The van der Waals surface area contributed by atoms with E-state index in [-0.39, 0.29) is 23.2 Å². The number of thiophene rings is 1. The fourth-order valence-corrected chi connectivity index (χ4v) is 3.48. The molecule has 3 heterocycles. The first-order valence-corrected chi connectivity index (χ1v) is 8.12.